The van der Waals surface area contributed by atoms with E-state index in [1.54, 1.807) is 14.0 Å². The highest BCUT2D eigenvalue weighted by atomic mass is 35.6. The summed E-state index contributed by atoms with van der Waals surface area (Å²) in [5.74, 6) is -0.659. The number of carbonyl (C=O) groups excluding carboxylic acids is 2. The van der Waals surface area contributed by atoms with Gasteiger partial charge in [-0.3, -0.25) is 9.59 Å². The normalized spacial score (nSPS) is 24.3. The van der Waals surface area contributed by atoms with Crippen LogP contribution >= 0.6 is 34.8 Å². The Hall–Kier alpha value is -0.450. The third-order valence-corrected chi connectivity index (χ3v) is 4.19. The van der Waals surface area contributed by atoms with Crippen molar-refractivity contribution in [3.63, 3.8) is 0 Å². The van der Waals surface area contributed by atoms with Gasteiger partial charge in [-0.1, -0.05) is 55.6 Å². The summed E-state index contributed by atoms with van der Waals surface area (Å²) in [6.45, 7) is 5.66. The van der Waals surface area contributed by atoms with Crippen molar-refractivity contribution in [2.45, 2.75) is 37.0 Å². The molecule has 1 heterocycles. The first kappa shape index (κ1) is 17.6. The third kappa shape index (κ3) is 4.27. The van der Waals surface area contributed by atoms with E-state index < -0.39 is 15.8 Å². The molecule has 0 saturated carbocycles. The Kier molecular flexibility index (Phi) is 5.76. The number of piperazine rings is 1. The van der Waals surface area contributed by atoms with E-state index in [0.717, 1.165) is 0 Å². The molecular weight excluding hydrogens is 323 g/mol. The monoisotopic (exact) mass is 340 g/mol. The molecule has 0 radical (unpaired) electrons. The van der Waals surface area contributed by atoms with Gasteiger partial charge < -0.3 is 10.2 Å². The predicted molar refractivity (Wildman–Crippen MR) is 81.7 cm³/mol. The molecule has 2 amide bonds. The molecule has 1 rings (SSSR count). The minimum Gasteiger partial charge on any atom is -0.339 e. The van der Waals surface area contributed by atoms with Crippen LogP contribution in [0.15, 0.2) is 11.8 Å². The topological polar surface area (TPSA) is 49.4 Å². The summed E-state index contributed by atoms with van der Waals surface area (Å²) in [5.41, 5.74) is 0.217. The Morgan fingerprint density at radius 2 is 1.85 bits per heavy atom. The van der Waals surface area contributed by atoms with Crippen molar-refractivity contribution in [3.05, 3.63) is 11.8 Å². The van der Waals surface area contributed by atoms with E-state index in [1.165, 1.54) is 11.0 Å². The van der Waals surface area contributed by atoms with Gasteiger partial charge >= 0.3 is 0 Å². The van der Waals surface area contributed by atoms with Gasteiger partial charge in [-0.2, -0.15) is 0 Å². The van der Waals surface area contributed by atoms with Crippen LogP contribution in [-0.2, 0) is 9.59 Å². The number of likely N-dealkylation sites (N-methyl/N-ethyl adjacent to an activating group) is 1. The summed E-state index contributed by atoms with van der Waals surface area (Å²) >= 11 is 17.3. The fraction of sp³-hybridized carbons (Fsp3) is 0.692. The van der Waals surface area contributed by atoms with E-state index in [2.05, 4.69) is 5.32 Å². The van der Waals surface area contributed by atoms with Crippen LogP contribution in [0.4, 0.5) is 0 Å². The number of alkyl halides is 3. The van der Waals surface area contributed by atoms with Gasteiger partial charge in [0.2, 0.25) is 5.91 Å². The molecule has 114 valence electrons. The molecular formula is C13H19Cl3N2O2. The van der Waals surface area contributed by atoms with Gasteiger partial charge in [-0.05, 0) is 18.4 Å². The molecule has 0 aromatic heterocycles. The highest BCUT2D eigenvalue weighted by molar-refractivity contribution is 6.67. The molecule has 1 fully saturated rings. The number of hydrogen-bond donors (Lipinski definition) is 1. The summed E-state index contributed by atoms with van der Waals surface area (Å²) in [6, 6.07) is -0.493. The minimum absolute atomic E-state index is 0.152. The zero-order valence-corrected chi connectivity index (χ0v) is 14.2. The van der Waals surface area contributed by atoms with Crippen LogP contribution in [0.2, 0.25) is 0 Å². The van der Waals surface area contributed by atoms with Crippen LogP contribution in [-0.4, -0.2) is 33.6 Å². The van der Waals surface area contributed by atoms with Gasteiger partial charge in [-0.15, -0.1) is 0 Å². The van der Waals surface area contributed by atoms with E-state index in [0.29, 0.717) is 12.3 Å². The first-order chi connectivity index (χ1) is 9.04. The smallest absolute Gasteiger partial charge is 0.268 e. The number of nitrogens with one attached hydrogen (secondary N) is 1. The van der Waals surface area contributed by atoms with Gasteiger partial charge in [0.05, 0.1) is 0 Å². The summed E-state index contributed by atoms with van der Waals surface area (Å²) in [7, 11) is 1.56. The molecule has 20 heavy (non-hydrogen) atoms. The van der Waals surface area contributed by atoms with Crippen molar-refractivity contribution in [1.29, 1.82) is 0 Å². The fourth-order valence-corrected chi connectivity index (χ4v) is 2.14. The van der Waals surface area contributed by atoms with Crippen LogP contribution in [0.5, 0.6) is 0 Å². The number of carbonyl (C=O) groups is 2. The maximum atomic E-state index is 12.2. The van der Waals surface area contributed by atoms with Gasteiger partial charge in [0, 0.05) is 13.0 Å². The van der Waals surface area contributed by atoms with E-state index >= 15 is 0 Å². The third-order valence-electron chi connectivity index (χ3n) is 3.16. The quantitative estimate of drug-likeness (QED) is 0.634. The number of allylic oxidation sites excluding steroid dienone is 1. The molecule has 4 nitrogen and oxygen atoms in total. The van der Waals surface area contributed by atoms with E-state index in [-0.39, 0.29) is 17.5 Å². The summed E-state index contributed by atoms with van der Waals surface area (Å²) in [6.07, 6.45) is 2.11. The molecule has 0 spiro atoms. The van der Waals surface area contributed by atoms with Crippen molar-refractivity contribution >= 4 is 46.6 Å². The van der Waals surface area contributed by atoms with Gasteiger partial charge in [0.25, 0.3) is 5.91 Å². The zero-order valence-electron chi connectivity index (χ0n) is 11.9. The molecule has 2 unspecified atom stereocenters. The average molecular weight is 342 g/mol. The van der Waals surface area contributed by atoms with Crippen molar-refractivity contribution in [2.75, 3.05) is 7.05 Å². The maximum Gasteiger partial charge on any atom is 0.268 e. The van der Waals surface area contributed by atoms with Crippen LogP contribution in [0.3, 0.4) is 0 Å². The Morgan fingerprint density at radius 3 is 2.30 bits per heavy atom. The van der Waals surface area contributed by atoms with Crippen LogP contribution in [0.1, 0.15) is 27.2 Å². The largest absolute Gasteiger partial charge is 0.339 e. The van der Waals surface area contributed by atoms with Gasteiger partial charge in [0.15, 0.2) is 3.79 Å². The van der Waals surface area contributed by atoms with Crippen molar-refractivity contribution in [1.82, 2.24) is 10.2 Å². The first-order valence-corrected chi connectivity index (χ1v) is 7.54. The second kappa shape index (κ2) is 6.54. The predicted octanol–water partition coefficient (Wildman–Crippen LogP) is 2.88. The number of hydrogen-bond acceptors (Lipinski definition) is 2. The number of nitrogens with zero attached hydrogens (tertiary/aromatic N) is 1. The summed E-state index contributed by atoms with van der Waals surface area (Å²) in [5, 5.41) is 2.71. The standard InChI is InChI=1S/C13H19Cl3N2O2/c1-7(2)5-9-12(20)18(4)10(11(19)17-9)6-8(3)13(14,15)16/h6-9H,5H2,1-4H3,(H,17,19)/b10-6+. The summed E-state index contributed by atoms with van der Waals surface area (Å²) in [4.78, 5) is 25.7. The first-order valence-electron chi connectivity index (χ1n) is 6.41. The SMILES string of the molecule is CC(C)CC1NC(=O)/C(=C\C(C)C(Cl)(Cl)Cl)N(C)C1=O. The van der Waals surface area contributed by atoms with Gasteiger partial charge in [-0.25, -0.2) is 0 Å². The van der Waals surface area contributed by atoms with Crippen molar-refractivity contribution < 1.29 is 9.59 Å². The Balaban J connectivity index is 2.95. The van der Waals surface area contributed by atoms with E-state index in [1.807, 2.05) is 13.8 Å². The number of rotatable bonds is 3. The molecule has 0 aromatic rings. The van der Waals surface area contributed by atoms with Crippen molar-refractivity contribution in [2.24, 2.45) is 11.8 Å². The minimum atomic E-state index is -1.52. The Labute approximate surface area is 134 Å². The van der Waals surface area contributed by atoms with Crippen LogP contribution in [0.25, 0.3) is 0 Å². The zero-order chi connectivity index (χ0) is 15.7. The van der Waals surface area contributed by atoms with E-state index in [9.17, 15) is 9.59 Å². The highest BCUT2D eigenvalue weighted by Gasteiger charge is 2.36. The molecule has 1 saturated heterocycles. The maximum absolute atomic E-state index is 12.2. The molecule has 0 aromatic carbocycles. The highest BCUT2D eigenvalue weighted by Crippen LogP contribution is 2.36. The molecule has 7 heteroatoms. The molecule has 1 aliphatic heterocycles. The second-order valence-electron chi connectivity index (χ2n) is 5.44. The lowest BCUT2D eigenvalue weighted by atomic mass is 9.99. The average Bonchev–Trinajstić information content (AvgIpc) is 2.29. The lowest BCUT2D eigenvalue weighted by Gasteiger charge is -2.33. The lowest BCUT2D eigenvalue weighted by molar-refractivity contribution is -0.139. The fourth-order valence-electron chi connectivity index (χ4n) is 1.95. The molecule has 2 atom stereocenters. The van der Waals surface area contributed by atoms with Crippen LogP contribution in [0, 0.1) is 11.8 Å². The molecule has 1 N–H and O–H groups in total. The van der Waals surface area contributed by atoms with Crippen LogP contribution < -0.4 is 5.32 Å². The molecule has 0 bridgehead atoms. The van der Waals surface area contributed by atoms with Crippen molar-refractivity contribution in [3.8, 4) is 0 Å². The Bertz CT molecular complexity index is 430. The van der Waals surface area contributed by atoms with E-state index in [4.69, 9.17) is 34.8 Å². The second-order valence-corrected chi connectivity index (χ2v) is 7.80. The lowest BCUT2D eigenvalue weighted by Crippen LogP contribution is -2.55. The summed E-state index contributed by atoms with van der Waals surface area (Å²) < 4.78 is -1.52. The molecule has 0 aliphatic carbocycles. The molecule has 1 aliphatic rings. The number of amides is 2. The Morgan fingerprint density at radius 1 is 1.30 bits per heavy atom. The van der Waals surface area contributed by atoms with Gasteiger partial charge in [0.1, 0.15) is 11.7 Å². The number of halogens is 3.